The molecule has 1 amide bonds. The third-order valence-electron chi connectivity index (χ3n) is 4.00. The van der Waals surface area contributed by atoms with E-state index in [2.05, 4.69) is 11.9 Å². The average Bonchev–Trinajstić information content (AvgIpc) is 2.86. The number of benzene rings is 1. The molecule has 1 aliphatic heterocycles. The lowest BCUT2D eigenvalue weighted by molar-refractivity contribution is -0.142. The summed E-state index contributed by atoms with van der Waals surface area (Å²) in [4.78, 5) is 23.7. The molecule has 6 heteroatoms. The molecule has 6 nitrogen and oxygen atoms in total. The van der Waals surface area contributed by atoms with E-state index >= 15 is 0 Å². The van der Waals surface area contributed by atoms with E-state index in [0.29, 0.717) is 13.0 Å². The molecule has 0 spiro atoms. The maximum Gasteiger partial charge on any atom is 0.408 e. The van der Waals surface area contributed by atoms with Crippen LogP contribution in [0.1, 0.15) is 12.0 Å². The lowest BCUT2D eigenvalue weighted by Crippen LogP contribution is -2.42. The molecule has 2 rings (SSSR count). The predicted molar refractivity (Wildman–Crippen MR) is 81.5 cm³/mol. The Morgan fingerprint density at radius 2 is 2.00 bits per heavy atom. The van der Waals surface area contributed by atoms with Crippen molar-refractivity contribution in [1.82, 2.24) is 10.2 Å². The van der Waals surface area contributed by atoms with Crippen LogP contribution in [0.3, 0.4) is 0 Å². The monoisotopic (exact) mass is 304 g/mol. The van der Waals surface area contributed by atoms with Gasteiger partial charge in [0.2, 0.25) is 0 Å². The molecule has 3 atom stereocenters. The van der Waals surface area contributed by atoms with Crippen LogP contribution in [0.4, 0.5) is 4.79 Å². The van der Waals surface area contributed by atoms with Crippen LogP contribution in [0.15, 0.2) is 43.0 Å². The average molecular weight is 304 g/mol. The van der Waals surface area contributed by atoms with Crippen LogP contribution >= 0.6 is 0 Å². The molecule has 1 aromatic carbocycles. The minimum atomic E-state index is -1.20. The predicted octanol–water partition coefficient (Wildman–Crippen LogP) is 1.78. The first-order valence-corrected chi connectivity index (χ1v) is 7.15. The molecule has 118 valence electrons. The van der Waals surface area contributed by atoms with Gasteiger partial charge in [-0.1, -0.05) is 36.4 Å². The van der Waals surface area contributed by atoms with Gasteiger partial charge in [0.05, 0.1) is 0 Å². The highest BCUT2D eigenvalue weighted by molar-refractivity contribution is 5.80. The van der Waals surface area contributed by atoms with Crippen LogP contribution in [0.25, 0.3) is 0 Å². The Morgan fingerprint density at radius 1 is 1.32 bits per heavy atom. The van der Waals surface area contributed by atoms with Gasteiger partial charge >= 0.3 is 12.1 Å². The summed E-state index contributed by atoms with van der Waals surface area (Å²) in [6.07, 6.45) is 0.890. The number of carboxylic acids is 1. The summed E-state index contributed by atoms with van der Waals surface area (Å²) < 4.78 is 0. The Kier molecular flexibility index (Phi) is 5.16. The van der Waals surface area contributed by atoms with Crippen molar-refractivity contribution >= 4 is 12.1 Å². The van der Waals surface area contributed by atoms with E-state index in [1.807, 2.05) is 30.3 Å². The van der Waals surface area contributed by atoms with Gasteiger partial charge in [0, 0.05) is 25.0 Å². The van der Waals surface area contributed by atoms with E-state index in [-0.39, 0.29) is 18.5 Å². The van der Waals surface area contributed by atoms with E-state index in [1.165, 1.54) is 0 Å². The highest BCUT2D eigenvalue weighted by Gasteiger charge is 2.47. The van der Waals surface area contributed by atoms with E-state index in [4.69, 9.17) is 0 Å². The molecule has 22 heavy (non-hydrogen) atoms. The van der Waals surface area contributed by atoms with Gasteiger partial charge in [-0.15, -0.1) is 6.58 Å². The van der Waals surface area contributed by atoms with Crippen molar-refractivity contribution in [3.05, 3.63) is 48.6 Å². The van der Waals surface area contributed by atoms with Gasteiger partial charge < -0.3 is 15.5 Å². The van der Waals surface area contributed by atoms with Crippen LogP contribution in [0.2, 0.25) is 0 Å². The highest BCUT2D eigenvalue weighted by atomic mass is 16.4. The maximum absolute atomic E-state index is 11.5. The van der Waals surface area contributed by atoms with Gasteiger partial charge in [-0.2, -0.15) is 0 Å². The van der Waals surface area contributed by atoms with Crippen molar-refractivity contribution in [2.45, 2.75) is 25.0 Å². The fourth-order valence-corrected chi connectivity index (χ4v) is 2.97. The third-order valence-corrected chi connectivity index (χ3v) is 4.00. The first-order chi connectivity index (χ1) is 10.5. The second kappa shape index (κ2) is 7.09. The molecular formula is C16H20N2O4. The summed E-state index contributed by atoms with van der Waals surface area (Å²) in [5, 5.41) is 21.9. The standard InChI is InChI=1S/C16H20N2O4/c1-2-6-12-13(17-9-11-7-4-3-5-8-11)10-18(16(21)22)14(12)15(19)20/h2-5,7-8,12-14,17H,1,6,9-10H2,(H,19,20)(H,21,22)/t12?,13?,14-/m0/s1. The van der Waals surface area contributed by atoms with Gasteiger partial charge in [-0.05, 0) is 12.0 Å². The second-order valence-electron chi connectivity index (χ2n) is 5.38. The van der Waals surface area contributed by atoms with Crippen molar-refractivity contribution in [3.8, 4) is 0 Å². The van der Waals surface area contributed by atoms with E-state index in [9.17, 15) is 19.8 Å². The van der Waals surface area contributed by atoms with Gasteiger partial charge in [0.1, 0.15) is 6.04 Å². The lowest BCUT2D eigenvalue weighted by Gasteiger charge is -2.22. The van der Waals surface area contributed by atoms with Crippen molar-refractivity contribution in [3.63, 3.8) is 0 Å². The number of carboxylic acid groups (broad SMARTS) is 2. The van der Waals surface area contributed by atoms with Crippen molar-refractivity contribution in [2.75, 3.05) is 6.54 Å². The summed E-state index contributed by atoms with van der Waals surface area (Å²) in [5.41, 5.74) is 1.07. The Morgan fingerprint density at radius 3 is 2.55 bits per heavy atom. The molecule has 1 saturated heterocycles. The highest BCUT2D eigenvalue weighted by Crippen LogP contribution is 2.28. The SMILES string of the molecule is C=CCC1C(NCc2ccccc2)CN(C(=O)O)[C@@H]1C(=O)O. The Labute approximate surface area is 129 Å². The summed E-state index contributed by atoms with van der Waals surface area (Å²) in [6, 6.07) is 8.46. The van der Waals surface area contributed by atoms with Crippen molar-refractivity contribution in [1.29, 1.82) is 0 Å². The number of nitrogens with zero attached hydrogens (tertiary/aromatic N) is 1. The van der Waals surface area contributed by atoms with Crippen molar-refractivity contribution < 1.29 is 19.8 Å². The number of nitrogens with one attached hydrogen (secondary N) is 1. The molecule has 0 aliphatic carbocycles. The maximum atomic E-state index is 11.5. The zero-order valence-electron chi connectivity index (χ0n) is 12.2. The topological polar surface area (TPSA) is 89.9 Å². The number of likely N-dealkylation sites (tertiary alicyclic amines) is 1. The molecule has 3 N–H and O–H groups in total. The van der Waals surface area contributed by atoms with E-state index < -0.39 is 18.1 Å². The van der Waals surface area contributed by atoms with E-state index in [0.717, 1.165) is 10.5 Å². The van der Waals surface area contributed by atoms with Crippen LogP contribution in [-0.4, -0.2) is 45.8 Å². The first-order valence-electron chi connectivity index (χ1n) is 7.15. The van der Waals surface area contributed by atoms with Crippen molar-refractivity contribution in [2.24, 2.45) is 5.92 Å². The molecule has 2 unspecified atom stereocenters. The van der Waals surface area contributed by atoms with Gasteiger partial charge in [0.25, 0.3) is 0 Å². The van der Waals surface area contributed by atoms with Crippen LogP contribution in [-0.2, 0) is 11.3 Å². The number of carbonyl (C=O) groups is 2. The largest absolute Gasteiger partial charge is 0.480 e. The number of aliphatic carboxylic acids is 1. The zero-order valence-corrected chi connectivity index (χ0v) is 12.2. The number of allylic oxidation sites excluding steroid dienone is 1. The number of hydrogen-bond acceptors (Lipinski definition) is 3. The molecular weight excluding hydrogens is 284 g/mol. The lowest BCUT2D eigenvalue weighted by atomic mass is 9.92. The fraction of sp³-hybridized carbons (Fsp3) is 0.375. The first kappa shape index (κ1) is 16.0. The normalized spacial score (nSPS) is 24.2. The minimum absolute atomic E-state index is 0.164. The molecule has 1 heterocycles. The minimum Gasteiger partial charge on any atom is -0.480 e. The molecule has 1 aliphatic rings. The Balaban J connectivity index is 2.12. The van der Waals surface area contributed by atoms with E-state index in [1.54, 1.807) is 6.08 Å². The quantitative estimate of drug-likeness (QED) is 0.697. The van der Waals surface area contributed by atoms with Gasteiger partial charge in [-0.25, -0.2) is 9.59 Å². The molecule has 0 saturated carbocycles. The molecule has 1 fully saturated rings. The number of hydrogen-bond donors (Lipinski definition) is 3. The molecule has 0 aromatic heterocycles. The summed E-state index contributed by atoms with van der Waals surface area (Å²) in [5.74, 6) is -1.44. The number of amides is 1. The second-order valence-corrected chi connectivity index (χ2v) is 5.38. The zero-order chi connectivity index (χ0) is 16.1. The summed E-state index contributed by atoms with van der Waals surface area (Å²) in [6.45, 7) is 4.39. The van der Waals surface area contributed by atoms with Crippen LogP contribution in [0.5, 0.6) is 0 Å². The van der Waals surface area contributed by atoms with Crippen LogP contribution in [0, 0.1) is 5.92 Å². The molecule has 0 bridgehead atoms. The molecule has 0 radical (unpaired) electrons. The third kappa shape index (κ3) is 3.46. The fourth-order valence-electron chi connectivity index (χ4n) is 2.97. The Bertz CT molecular complexity index is 546. The molecule has 1 aromatic rings. The van der Waals surface area contributed by atoms with Gasteiger partial charge in [0.15, 0.2) is 0 Å². The van der Waals surface area contributed by atoms with Gasteiger partial charge in [-0.3, -0.25) is 4.90 Å². The number of rotatable bonds is 6. The van der Waals surface area contributed by atoms with Crippen LogP contribution < -0.4 is 5.32 Å². The smallest absolute Gasteiger partial charge is 0.408 e. The summed E-state index contributed by atoms with van der Waals surface area (Å²) >= 11 is 0. The summed E-state index contributed by atoms with van der Waals surface area (Å²) in [7, 11) is 0. The Hall–Kier alpha value is -2.34.